The summed E-state index contributed by atoms with van der Waals surface area (Å²) in [6.45, 7) is 2.53. The van der Waals surface area contributed by atoms with Crippen LogP contribution in [0.1, 0.15) is 46.3 Å². The summed E-state index contributed by atoms with van der Waals surface area (Å²) in [7, 11) is 0. The van der Waals surface area contributed by atoms with Crippen molar-refractivity contribution in [3.8, 4) is 5.75 Å². The number of amides is 1. The van der Waals surface area contributed by atoms with E-state index < -0.39 is 11.9 Å². The Morgan fingerprint density at radius 2 is 1.81 bits per heavy atom. The van der Waals surface area contributed by atoms with Crippen LogP contribution in [-0.2, 0) is 17.9 Å². The molecule has 1 aliphatic rings. The number of hydrogen-bond acceptors (Lipinski definition) is 3. The lowest BCUT2D eigenvalue weighted by atomic mass is 9.96. The minimum Gasteiger partial charge on any atom is -0.488 e. The van der Waals surface area contributed by atoms with Crippen LogP contribution in [0, 0.1) is 0 Å². The van der Waals surface area contributed by atoms with Gasteiger partial charge in [-0.3, -0.25) is 9.59 Å². The van der Waals surface area contributed by atoms with Gasteiger partial charge in [-0.1, -0.05) is 61.0 Å². The molecule has 4 rings (SSSR count). The zero-order valence-corrected chi connectivity index (χ0v) is 17.8. The summed E-state index contributed by atoms with van der Waals surface area (Å²) < 4.78 is 5.96. The Morgan fingerprint density at radius 1 is 1.10 bits per heavy atom. The van der Waals surface area contributed by atoms with Crippen molar-refractivity contribution in [2.75, 3.05) is 4.90 Å². The van der Waals surface area contributed by atoms with Gasteiger partial charge < -0.3 is 14.7 Å². The van der Waals surface area contributed by atoms with Gasteiger partial charge in [0, 0.05) is 16.3 Å². The number of ether oxygens (including phenoxy) is 1. The van der Waals surface area contributed by atoms with Gasteiger partial charge in [-0.05, 0) is 41.8 Å². The summed E-state index contributed by atoms with van der Waals surface area (Å²) in [5.74, 6) is -1.09. The van der Waals surface area contributed by atoms with Crippen molar-refractivity contribution in [2.45, 2.75) is 32.4 Å². The average molecular weight is 436 g/mol. The lowest BCUT2D eigenvalue weighted by molar-refractivity contribution is -0.138. The largest absolute Gasteiger partial charge is 0.488 e. The van der Waals surface area contributed by atoms with Crippen LogP contribution in [-0.4, -0.2) is 17.0 Å². The van der Waals surface area contributed by atoms with E-state index >= 15 is 0 Å². The van der Waals surface area contributed by atoms with Crippen LogP contribution in [0.3, 0.4) is 0 Å². The minimum atomic E-state index is -0.855. The van der Waals surface area contributed by atoms with Gasteiger partial charge in [0.15, 0.2) is 0 Å². The van der Waals surface area contributed by atoms with Crippen LogP contribution in [0.25, 0.3) is 0 Å². The van der Waals surface area contributed by atoms with Crippen LogP contribution in [0.15, 0.2) is 66.7 Å². The molecule has 0 bridgehead atoms. The summed E-state index contributed by atoms with van der Waals surface area (Å²) in [5.41, 5.74) is 3.62. The molecular formula is C25H22ClNO4. The zero-order chi connectivity index (χ0) is 22.0. The number of carboxylic acid groups (broad SMARTS) is 1. The predicted octanol–water partition coefficient (Wildman–Crippen LogP) is 5.66. The van der Waals surface area contributed by atoms with Crippen molar-refractivity contribution in [3.63, 3.8) is 0 Å². The molecular weight excluding hydrogens is 414 g/mol. The molecule has 0 saturated heterocycles. The fourth-order valence-corrected chi connectivity index (χ4v) is 4.08. The summed E-state index contributed by atoms with van der Waals surface area (Å²) in [6.07, 6.45) is 0.500. The Morgan fingerprint density at radius 3 is 2.45 bits per heavy atom. The van der Waals surface area contributed by atoms with Crippen molar-refractivity contribution in [1.82, 2.24) is 0 Å². The van der Waals surface area contributed by atoms with E-state index in [1.54, 1.807) is 41.3 Å². The smallest absolute Gasteiger partial charge is 0.310 e. The van der Waals surface area contributed by atoms with Gasteiger partial charge in [-0.15, -0.1) is 0 Å². The molecule has 3 aromatic carbocycles. The van der Waals surface area contributed by atoms with Gasteiger partial charge in [0.1, 0.15) is 12.4 Å². The number of nitrogens with zero attached hydrogens (tertiary/aromatic N) is 1. The van der Waals surface area contributed by atoms with Gasteiger partial charge >= 0.3 is 5.97 Å². The van der Waals surface area contributed by atoms with Crippen molar-refractivity contribution >= 4 is 29.2 Å². The molecule has 31 heavy (non-hydrogen) atoms. The first-order valence-electron chi connectivity index (χ1n) is 10.1. The van der Waals surface area contributed by atoms with Crippen molar-refractivity contribution in [2.24, 2.45) is 0 Å². The highest BCUT2D eigenvalue weighted by Gasteiger charge is 2.34. The fourth-order valence-electron chi connectivity index (χ4n) is 3.86. The number of carboxylic acids is 1. The molecule has 3 aromatic rings. The van der Waals surface area contributed by atoms with E-state index in [9.17, 15) is 14.7 Å². The Hall–Kier alpha value is -3.31. The van der Waals surface area contributed by atoms with Crippen LogP contribution in [0.5, 0.6) is 5.75 Å². The molecule has 0 saturated carbocycles. The number of aliphatic carboxylic acids is 1. The van der Waals surface area contributed by atoms with E-state index in [1.807, 2.05) is 37.3 Å². The fraction of sp³-hybridized carbons (Fsp3) is 0.200. The third kappa shape index (κ3) is 4.14. The number of halogens is 1. The second-order valence-electron chi connectivity index (χ2n) is 7.46. The van der Waals surface area contributed by atoms with Crippen molar-refractivity contribution in [1.29, 1.82) is 0 Å². The second-order valence-corrected chi connectivity index (χ2v) is 7.86. The number of hydrogen-bond donors (Lipinski definition) is 1. The average Bonchev–Trinajstić information content (AvgIpc) is 3.13. The molecule has 6 heteroatoms. The summed E-state index contributed by atoms with van der Waals surface area (Å²) in [5, 5.41) is 9.89. The van der Waals surface area contributed by atoms with E-state index in [-0.39, 0.29) is 5.91 Å². The number of anilines is 1. The lowest BCUT2D eigenvalue weighted by Crippen LogP contribution is -2.23. The highest BCUT2D eigenvalue weighted by atomic mass is 35.5. The van der Waals surface area contributed by atoms with Crippen LogP contribution in [0.2, 0.25) is 5.02 Å². The number of carbonyl (C=O) groups excluding carboxylic acids is 1. The maximum atomic E-state index is 13.3. The molecule has 5 nitrogen and oxygen atoms in total. The first kappa shape index (κ1) is 20.9. The van der Waals surface area contributed by atoms with Gasteiger partial charge in [0.25, 0.3) is 5.91 Å². The second kappa shape index (κ2) is 8.82. The summed E-state index contributed by atoms with van der Waals surface area (Å²) >= 11 is 6.40. The highest BCUT2D eigenvalue weighted by molar-refractivity contribution is 6.32. The number of carbonyl (C=O) groups is 2. The first-order valence-corrected chi connectivity index (χ1v) is 10.5. The van der Waals surface area contributed by atoms with Crippen molar-refractivity contribution in [3.05, 3.63) is 94.0 Å². The van der Waals surface area contributed by atoms with E-state index in [1.165, 1.54) is 0 Å². The molecule has 1 amide bonds. The third-order valence-corrected chi connectivity index (χ3v) is 5.90. The maximum Gasteiger partial charge on any atom is 0.310 e. The number of rotatable bonds is 7. The van der Waals surface area contributed by atoms with Gasteiger partial charge in [-0.2, -0.15) is 0 Å². The summed E-state index contributed by atoms with van der Waals surface area (Å²) in [6, 6.07) is 20.3. The van der Waals surface area contributed by atoms with Gasteiger partial charge in [0.2, 0.25) is 0 Å². The highest BCUT2D eigenvalue weighted by Crippen LogP contribution is 2.38. The monoisotopic (exact) mass is 435 g/mol. The van der Waals surface area contributed by atoms with E-state index in [2.05, 4.69) is 0 Å². The molecule has 1 unspecified atom stereocenters. The van der Waals surface area contributed by atoms with Crippen LogP contribution >= 0.6 is 11.6 Å². The SMILES string of the molecule is CCC(C(=O)O)c1ccc(N2Cc3c(Cl)ccc(OCc4ccccc4)c3C2=O)cc1. The molecule has 1 N–H and O–H groups in total. The Bertz CT molecular complexity index is 1110. The first-order chi connectivity index (χ1) is 15.0. The number of fused-ring (bicyclic) bond motifs is 1. The van der Waals surface area contributed by atoms with Crippen LogP contribution < -0.4 is 9.64 Å². The quantitative estimate of drug-likeness (QED) is 0.520. The molecule has 1 aliphatic heterocycles. The standard InChI is InChI=1S/C25H22ClNO4/c1-2-19(25(29)30)17-8-10-18(11-9-17)27-14-20-21(26)12-13-22(23(20)24(27)28)31-15-16-6-4-3-5-7-16/h3-13,19H,2,14-15H2,1H3,(H,29,30). The molecule has 0 fully saturated rings. The third-order valence-electron chi connectivity index (χ3n) is 5.54. The molecule has 0 aliphatic carbocycles. The Labute approximate surface area is 185 Å². The summed E-state index contributed by atoms with van der Waals surface area (Å²) in [4.78, 5) is 26.3. The number of benzene rings is 3. The topological polar surface area (TPSA) is 66.8 Å². The van der Waals surface area contributed by atoms with Crippen molar-refractivity contribution < 1.29 is 19.4 Å². The molecule has 0 spiro atoms. The molecule has 0 aromatic heterocycles. The molecule has 158 valence electrons. The zero-order valence-electron chi connectivity index (χ0n) is 17.0. The van der Waals surface area contributed by atoms with E-state index in [4.69, 9.17) is 16.3 Å². The van der Waals surface area contributed by atoms with Gasteiger partial charge in [0.05, 0.1) is 18.0 Å². The molecule has 1 atom stereocenters. The van der Waals surface area contributed by atoms with Gasteiger partial charge in [-0.25, -0.2) is 0 Å². The Balaban J connectivity index is 1.59. The minimum absolute atomic E-state index is 0.182. The molecule has 0 radical (unpaired) electrons. The lowest BCUT2D eigenvalue weighted by Gasteiger charge is -2.17. The Kier molecular flexibility index (Phi) is 5.96. The predicted molar refractivity (Wildman–Crippen MR) is 120 cm³/mol. The van der Waals surface area contributed by atoms with Crippen LogP contribution in [0.4, 0.5) is 5.69 Å². The maximum absolute atomic E-state index is 13.3. The normalized spacial score (nSPS) is 13.7. The molecule has 1 heterocycles. The van der Waals surface area contributed by atoms with E-state index in [0.29, 0.717) is 47.2 Å². The van der Waals surface area contributed by atoms with E-state index in [0.717, 1.165) is 11.1 Å².